The van der Waals surface area contributed by atoms with Crippen LogP contribution in [0, 0.1) is 0 Å². The van der Waals surface area contributed by atoms with E-state index in [1.807, 2.05) is 0 Å². The van der Waals surface area contributed by atoms with E-state index >= 15 is 0 Å². The van der Waals surface area contributed by atoms with Crippen molar-refractivity contribution in [2.45, 2.75) is 0 Å². The third-order valence-electron chi connectivity index (χ3n) is 14.0. The molecule has 0 unspecified atom stereocenters. The van der Waals surface area contributed by atoms with Gasteiger partial charge in [0.1, 0.15) is 0 Å². The lowest BCUT2D eigenvalue weighted by Gasteiger charge is -2.21. The third-order valence-corrected chi connectivity index (χ3v) is 14.0. The van der Waals surface area contributed by atoms with E-state index in [2.05, 4.69) is 247 Å². The fourth-order valence-corrected chi connectivity index (χ4v) is 10.7. The Morgan fingerprint density at radius 2 is 0.609 bits per heavy atom. The quantitative estimate of drug-likeness (QED) is 0.167. The maximum absolute atomic E-state index is 5.56. The number of benzene rings is 12. The van der Waals surface area contributed by atoms with Gasteiger partial charge in [-0.05, 0) is 107 Å². The minimum absolute atomic E-state index is 0.599. The Balaban J connectivity index is 1.15. The minimum Gasteiger partial charge on any atom is -0.309 e. The van der Waals surface area contributed by atoms with E-state index in [1.54, 1.807) is 0 Å². The Morgan fingerprint density at radius 1 is 0.232 bits per heavy atom. The molecule has 0 saturated carbocycles. The molecule has 2 aromatic heterocycles. The lowest BCUT2D eigenvalue weighted by atomic mass is 9.90. The van der Waals surface area contributed by atoms with Crippen LogP contribution in [0.25, 0.3) is 138 Å². The van der Waals surface area contributed by atoms with Gasteiger partial charge in [0.15, 0.2) is 17.5 Å². The van der Waals surface area contributed by atoms with E-state index in [0.717, 1.165) is 88.0 Å². The van der Waals surface area contributed by atoms with Crippen LogP contribution >= 0.6 is 0 Å². The predicted molar refractivity (Wildman–Crippen MR) is 289 cm³/mol. The van der Waals surface area contributed by atoms with Crippen molar-refractivity contribution in [1.82, 2.24) is 19.5 Å². The van der Waals surface area contributed by atoms with E-state index in [-0.39, 0.29) is 0 Å². The second kappa shape index (κ2) is 15.7. The van der Waals surface area contributed by atoms with E-state index in [1.165, 1.54) is 32.3 Å². The van der Waals surface area contributed by atoms with Gasteiger partial charge in [0, 0.05) is 33.0 Å². The molecule has 14 aromatic rings. The molecule has 0 amide bonds. The van der Waals surface area contributed by atoms with Crippen LogP contribution in [0.1, 0.15) is 0 Å². The standard InChI is InChI=1S/C65H40N4/c1-2-17-44(18-3-1)55-39-59(65-67-63(53-33-15-27-42-20-9-12-30-50(42)53)66-64(68-65)54-34-16-28-43-21-10-13-31-51(43)54)56(52-32-14-26-41-19-8-11-29-49(41)52)40-62(55)69-60-37-47-24-6-4-22-45(47)35-57(60)58-36-46-23-5-7-25-48(46)38-61(58)69/h1-40H. The first-order valence-electron chi connectivity index (χ1n) is 23.5. The second-order valence-corrected chi connectivity index (χ2v) is 17.9. The maximum atomic E-state index is 5.56. The van der Waals surface area contributed by atoms with Crippen LogP contribution in [0.5, 0.6) is 0 Å². The van der Waals surface area contributed by atoms with Crippen LogP contribution in [0.2, 0.25) is 0 Å². The fourth-order valence-electron chi connectivity index (χ4n) is 10.7. The molecule has 4 heteroatoms. The Morgan fingerprint density at radius 3 is 1.10 bits per heavy atom. The molecule has 0 aliphatic carbocycles. The highest BCUT2D eigenvalue weighted by Gasteiger charge is 2.24. The van der Waals surface area contributed by atoms with Crippen LogP contribution < -0.4 is 0 Å². The number of hydrogen-bond donors (Lipinski definition) is 0. The summed E-state index contributed by atoms with van der Waals surface area (Å²) in [6.45, 7) is 0. The summed E-state index contributed by atoms with van der Waals surface area (Å²) < 4.78 is 2.50. The van der Waals surface area contributed by atoms with E-state index < -0.39 is 0 Å². The first-order valence-corrected chi connectivity index (χ1v) is 23.5. The number of aromatic nitrogens is 4. The van der Waals surface area contributed by atoms with E-state index in [4.69, 9.17) is 15.0 Å². The molecule has 12 aromatic carbocycles. The van der Waals surface area contributed by atoms with Gasteiger partial charge in [-0.25, -0.2) is 15.0 Å². The zero-order valence-electron chi connectivity index (χ0n) is 37.4. The molecule has 14 rings (SSSR count). The molecule has 0 aliphatic heterocycles. The van der Waals surface area contributed by atoms with Crippen molar-refractivity contribution in [1.29, 1.82) is 0 Å². The van der Waals surface area contributed by atoms with Crippen molar-refractivity contribution in [2.24, 2.45) is 0 Å². The van der Waals surface area contributed by atoms with Gasteiger partial charge in [-0.3, -0.25) is 0 Å². The van der Waals surface area contributed by atoms with Gasteiger partial charge in [0.2, 0.25) is 0 Å². The molecular weight excluding hydrogens is 837 g/mol. The molecule has 0 saturated heterocycles. The SMILES string of the molecule is c1ccc(-c2cc(-c3nc(-c4cccc5ccccc45)nc(-c4cccc5ccccc45)n3)c(-c3cccc4ccccc34)cc2-n2c3cc4ccccc4cc3c3cc4ccccc4cc32)cc1. The summed E-state index contributed by atoms with van der Waals surface area (Å²) in [6.07, 6.45) is 0. The zero-order valence-corrected chi connectivity index (χ0v) is 37.4. The van der Waals surface area contributed by atoms with Crippen LogP contribution in [0.15, 0.2) is 243 Å². The monoisotopic (exact) mass is 876 g/mol. The Kier molecular flexibility index (Phi) is 8.86. The van der Waals surface area contributed by atoms with Crippen molar-refractivity contribution in [3.63, 3.8) is 0 Å². The van der Waals surface area contributed by atoms with Gasteiger partial charge in [0.05, 0.1) is 16.7 Å². The first-order chi connectivity index (χ1) is 34.2. The number of nitrogens with zero attached hydrogens (tertiary/aromatic N) is 4. The summed E-state index contributed by atoms with van der Waals surface area (Å²) in [5, 5.41) is 14.0. The predicted octanol–water partition coefficient (Wildman–Crippen LogP) is 17.1. The van der Waals surface area contributed by atoms with Gasteiger partial charge in [0.25, 0.3) is 0 Å². The Labute approximate surface area is 398 Å². The largest absolute Gasteiger partial charge is 0.309 e. The van der Waals surface area contributed by atoms with Crippen LogP contribution in [0.4, 0.5) is 0 Å². The van der Waals surface area contributed by atoms with E-state index in [0.29, 0.717) is 17.5 Å². The van der Waals surface area contributed by atoms with Gasteiger partial charge in [-0.1, -0.05) is 206 Å². The smallest absolute Gasteiger partial charge is 0.164 e. The molecule has 0 spiro atoms. The summed E-state index contributed by atoms with van der Waals surface area (Å²) in [5.41, 5.74) is 10.4. The molecule has 0 aliphatic rings. The molecule has 4 nitrogen and oxygen atoms in total. The highest BCUT2D eigenvalue weighted by atomic mass is 15.0. The molecule has 0 radical (unpaired) electrons. The highest BCUT2D eigenvalue weighted by molar-refractivity contribution is 6.17. The van der Waals surface area contributed by atoms with Crippen molar-refractivity contribution in [2.75, 3.05) is 0 Å². The van der Waals surface area contributed by atoms with Gasteiger partial charge >= 0.3 is 0 Å². The Bertz CT molecular complexity index is 4170. The highest BCUT2D eigenvalue weighted by Crippen LogP contribution is 2.46. The summed E-state index contributed by atoms with van der Waals surface area (Å²) in [6, 6.07) is 87.4. The average molecular weight is 877 g/mol. The lowest BCUT2D eigenvalue weighted by molar-refractivity contribution is 1.08. The van der Waals surface area contributed by atoms with Crippen LogP contribution in [0.3, 0.4) is 0 Å². The number of rotatable bonds is 6. The Hall–Kier alpha value is -9.25. The summed E-state index contributed by atoms with van der Waals surface area (Å²) in [4.78, 5) is 16.5. The topological polar surface area (TPSA) is 43.6 Å². The molecule has 0 N–H and O–H groups in total. The van der Waals surface area contributed by atoms with Crippen molar-refractivity contribution >= 4 is 75.7 Å². The second-order valence-electron chi connectivity index (χ2n) is 17.9. The van der Waals surface area contributed by atoms with Crippen LogP contribution in [-0.2, 0) is 0 Å². The number of fused-ring (bicyclic) bond motifs is 8. The maximum Gasteiger partial charge on any atom is 0.164 e. The van der Waals surface area contributed by atoms with Crippen molar-refractivity contribution in [3.8, 4) is 62.1 Å². The molecule has 0 atom stereocenters. The summed E-state index contributed by atoms with van der Waals surface area (Å²) >= 11 is 0. The van der Waals surface area contributed by atoms with Gasteiger partial charge < -0.3 is 4.57 Å². The van der Waals surface area contributed by atoms with E-state index in [9.17, 15) is 0 Å². The van der Waals surface area contributed by atoms with Crippen molar-refractivity contribution < 1.29 is 0 Å². The molecular formula is C65H40N4. The van der Waals surface area contributed by atoms with Gasteiger partial charge in [-0.2, -0.15) is 0 Å². The molecule has 0 fully saturated rings. The first kappa shape index (κ1) is 39.0. The van der Waals surface area contributed by atoms with Gasteiger partial charge in [-0.15, -0.1) is 0 Å². The lowest BCUT2D eigenvalue weighted by Crippen LogP contribution is -2.04. The molecule has 0 bridgehead atoms. The molecule has 2 heterocycles. The molecule has 320 valence electrons. The fraction of sp³-hybridized carbons (Fsp3) is 0. The average Bonchev–Trinajstić information content (AvgIpc) is 3.72. The summed E-state index contributed by atoms with van der Waals surface area (Å²) in [5.74, 6) is 1.84. The normalized spacial score (nSPS) is 11.8. The molecule has 69 heavy (non-hydrogen) atoms. The van der Waals surface area contributed by atoms with Crippen molar-refractivity contribution in [3.05, 3.63) is 243 Å². The zero-order chi connectivity index (χ0) is 45.4. The summed E-state index contributed by atoms with van der Waals surface area (Å²) in [7, 11) is 0. The third kappa shape index (κ3) is 6.41. The number of hydrogen-bond acceptors (Lipinski definition) is 3. The minimum atomic E-state index is 0.599. The van der Waals surface area contributed by atoms with Crippen LogP contribution in [-0.4, -0.2) is 19.5 Å².